The van der Waals surface area contributed by atoms with Gasteiger partial charge in [0.05, 0.1) is 12.0 Å². The van der Waals surface area contributed by atoms with Gasteiger partial charge in [-0.2, -0.15) is 0 Å². The fraction of sp³-hybridized carbons (Fsp3) is 0.559. The Morgan fingerprint density at radius 1 is 1.09 bits per heavy atom. The summed E-state index contributed by atoms with van der Waals surface area (Å²) in [6.07, 6.45) is 3.63. The van der Waals surface area contributed by atoms with Crippen molar-refractivity contribution < 1.29 is 23.9 Å². The number of pyridine rings is 1. The van der Waals surface area contributed by atoms with Crippen LogP contribution in [0.1, 0.15) is 89.8 Å². The molecule has 1 aromatic carbocycles. The number of likely N-dealkylation sites (tertiary alicyclic amines) is 1. The first kappa shape index (κ1) is 31.5. The summed E-state index contributed by atoms with van der Waals surface area (Å²) in [7, 11) is 0. The number of nitrogens with one attached hydrogen (secondary N) is 2. The first-order valence-corrected chi connectivity index (χ1v) is 15.6. The number of ether oxygens (including phenoxy) is 1. The number of piperidine rings is 1. The summed E-state index contributed by atoms with van der Waals surface area (Å²) in [5, 5.41) is 5.93. The van der Waals surface area contributed by atoms with E-state index in [1.807, 2.05) is 78.8 Å². The van der Waals surface area contributed by atoms with Crippen molar-refractivity contribution >= 4 is 35.3 Å². The van der Waals surface area contributed by atoms with Gasteiger partial charge in [-0.25, -0.2) is 9.78 Å². The first-order chi connectivity index (χ1) is 20.6. The SMILES string of the molecule is CC1C[C@H](N(CC(=O)Nc2ccc3c(c2)C(C2C(=O)Nc4ncccc42)CC3)C(=O)C(C)(C)C)CN(C(=O)OC(C)(C)C)C1. The molecule has 44 heavy (non-hydrogen) atoms. The van der Waals surface area contributed by atoms with Crippen LogP contribution in [0.5, 0.6) is 0 Å². The van der Waals surface area contributed by atoms with Gasteiger partial charge in [0.1, 0.15) is 18.0 Å². The molecule has 0 saturated carbocycles. The van der Waals surface area contributed by atoms with Gasteiger partial charge in [0.25, 0.3) is 0 Å². The van der Waals surface area contributed by atoms with E-state index in [4.69, 9.17) is 4.74 Å². The fourth-order valence-corrected chi connectivity index (χ4v) is 6.74. The largest absolute Gasteiger partial charge is 0.444 e. The van der Waals surface area contributed by atoms with Crippen molar-refractivity contribution in [3.05, 3.63) is 53.2 Å². The molecule has 2 aliphatic heterocycles. The Labute approximate surface area is 259 Å². The van der Waals surface area contributed by atoms with Gasteiger partial charge in [-0.05, 0) is 75.3 Å². The van der Waals surface area contributed by atoms with Crippen molar-refractivity contribution in [3.8, 4) is 0 Å². The molecule has 2 aromatic rings. The maximum absolute atomic E-state index is 13.7. The zero-order valence-electron chi connectivity index (χ0n) is 26.9. The summed E-state index contributed by atoms with van der Waals surface area (Å²) in [4.78, 5) is 60.8. The number of carbonyl (C=O) groups is 4. The Balaban J connectivity index is 1.33. The van der Waals surface area contributed by atoms with Crippen LogP contribution in [0.15, 0.2) is 36.5 Å². The van der Waals surface area contributed by atoms with Crippen molar-refractivity contribution in [1.82, 2.24) is 14.8 Å². The van der Waals surface area contributed by atoms with Gasteiger partial charge < -0.3 is 25.2 Å². The monoisotopic (exact) mass is 603 g/mol. The summed E-state index contributed by atoms with van der Waals surface area (Å²) in [6, 6.07) is 9.33. The predicted octanol–water partition coefficient (Wildman–Crippen LogP) is 5.31. The summed E-state index contributed by atoms with van der Waals surface area (Å²) in [6.45, 7) is 13.7. The molecule has 3 aliphatic rings. The van der Waals surface area contributed by atoms with Crippen LogP contribution < -0.4 is 10.6 Å². The van der Waals surface area contributed by atoms with Gasteiger partial charge in [0, 0.05) is 41.9 Å². The van der Waals surface area contributed by atoms with E-state index in [9.17, 15) is 19.2 Å². The molecule has 4 amide bonds. The molecule has 1 aromatic heterocycles. The summed E-state index contributed by atoms with van der Waals surface area (Å²) in [5.41, 5.74) is 2.40. The molecular formula is C34H45N5O5. The number of benzene rings is 1. The minimum Gasteiger partial charge on any atom is -0.444 e. The Morgan fingerprint density at radius 2 is 1.84 bits per heavy atom. The standard InChI is InChI=1S/C34H45N5O5/c1-20-15-23(18-38(17-20)32(43)44-34(5,6)7)39(31(42)33(2,3)4)19-27(40)36-22-12-10-21-11-13-24(26(21)16-22)28-25-9-8-14-35-29(25)37-30(28)41/h8-10,12,14,16,20,23-24,28H,11,13,15,17-19H2,1-7H3,(H,36,40)(H,35,37,41)/t20?,23-,24?,28?/m0/s1. The van der Waals surface area contributed by atoms with Crippen LogP contribution in [0.3, 0.4) is 0 Å². The molecule has 10 heteroatoms. The zero-order chi connectivity index (χ0) is 32.0. The number of carbonyl (C=O) groups excluding carboxylic acids is 4. The second-order valence-corrected chi connectivity index (χ2v) is 14.6. The lowest BCUT2D eigenvalue weighted by Crippen LogP contribution is -2.57. The molecule has 236 valence electrons. The lowest BCUT2D eigenvalue weighted by atomic mass is 9.83. The maximum Gasteiger partial charge on any atom is 0.410 e. The Bertz CT molecular complexity index is 1460. The number of aromatic nitrogens is 1. The van der Waals surface area contributed by atoms with Crippen molar-refractivity contribution in [2.75, 3.05) is 30.3 Å². The predicted molar refractivity (Wildman–Crippen MR) is 168 cm³/mol. The first-order valence-electron chi connectivity index (χ1n) is 15.6. The molecule has 1 aliphatic carbocycles. The Kier molecular flexibility index (Phi) is 8.48. The number of aryl methyl sites for hydroxylation is 1. The normalized spacial score (nSPS) is 23.0. The topological polar surface area (TPSA) is 121 Å². The number of amides is 4. The second-order valence-electron chi connectivity index (χ2n) is 14.6. The van der Waals surface area contributed by atoms with E-state index in [2.05, 4.69) is 15.6 Å². The van der Waals surface area contributed by atoms with E-state index >= 15 is 0 Å². The second kappa shape index (κ2) is 11.9. The Morgan fingerprint density at radius 3 is 2.55 bits per heavy atom. The van der Waals surface area contributed by atoms with Crippen LogP contribution in [-0.2, 0) is 25.5 Å². The van der Waals surface area contributed by atoms with Gasteiger partial charge >= 0.3 is 6.09 Å². The molecule has 0 radical (unpaired) electrons. The van der Waals surface area contributed by atoms with Gasteiger partial charge in [-0.15, -0.1) is 0 Å². The maximum atomic E-state index is 13.7. The van der Waals surface area contributed by atoms with E-state index in [0.29, 0.717) is 31.0 Å². The summed E-state index contributed by atoms with van der Waals surface area (Å²) in [5.74, 6) is -0.116. The summed E-state index contributed by atoms with van der Waals surface area (Å²) >= 11 is 0. The molecule has 1 saturated heterocycles. The highest BCUT2D eigenvalue weighted by atomic mass is 16.6. The molecule has 3 heterocycles. The van der Waals surface area contributed by atoms with Crippen molar-refractivity contribution in [2.24, 2.45) is 11.3 Å². The van der Waals surface area contributed by atoms with E-state index in [1.54, 1.807) is 16.0 Å². The highest BCUT2D eigenvalue weighted by molar-refractivity contribution is 6.02. The average Bonchev–Trinajstić information content (AvgIpc) is 3.48. The number of fused-ring (bicyclic) bond motifs is 2. The number of hydrogen-bond acceptors (Lipinski definition) is 6. The number of rotatable bonds is 5. The Hall–Kier alpha value is -3.95. The summed E-state index contributed by atoms with van der Waals surface area (Å²) < 4.78 is 5.63. The zero-order valence-corrected chi connectivity index (χ0v) is 26.9. The lowest BCUT2D eigenvalue weighted by Gasteiger charge is -2.43. The fourth-order valence-electron chi connectivity index (χ4n) is 6.74. The van der Waals surface area contributed by atoms with Crippen molar-refractivity contribution in [1.29, 1.82) is 0 Å². The highest BCUT2D eigenvalue weighted by Crippen LogP contribution is 2.48. The minimum atomic E-state index is -0.717. The number of anilines is 2. The van der Waals surface area contributed by atoms with Crippen LogP contribution in [-0.4, -0.2) is 69.9 Å². The van der Waals surface area contributed by atoms with E-state index < -0.39 is 17.1 Å². The van der Waals surface area contributed by atoms with E-state index in [0.717, 1.165) is 24.0 Å². The van der Waals surface area contributed by atoms with Gasteiger partial charge in [0.2, 0.25) is 17.7 Å². The number of nitrogens with zero attached hydrogens (tertiary/aromatic N) is 3. The van der Waals surface area contributed by atoms with E-state index in [1.165, 1.54) is 5.56 Å². The van der Waals surface area contributed by atoms with Crippen LogP contribution in [0.25, 0.3) is 0 Å². The smallest absolute Gasteiger partial charge is 0.410 e. The van der Waals surface area contributed by atoms with Crippen LogP contribution in [0.4, 0.5) is 16.3 Å². The average molecular weight is 604 g/mol. The molecule has 2 N–H and O–H groups in total. The number of hydrogen-bond donors (Lipinski definition) is 2. The van der Waals surface area contributed by atoms with Gasteiger partial charge in [0.15, 0.2) is 0 Å². The molecule has 5 rings (SSSR count). The molecule has 0 bridgehead atoms. The quantitative estimate of drug-likeness (QED) is 0.478. The van der Waals surface area contributed by atoms with Crippen LogP contribution in [0.2, 0.25) is 0 Å². The highest BCUT2D eigenvalue weighted by Gasteiger charge is 2.42. The molecule has 0 spiro atoms. The molecule has 1 fully saturated rings. The third-order valence-electron chi connectivity index (χ3n) is 8.60. The van der Waals surface area contributed by atoms with Crippen LogP contribution >= 0.6 is 0 Å². The molecule has 4 atom stereocenters. The van der Waals surface area contributed by atoms with Crippen molar-refractivity contribution in [2.45, 2.75) is 91.2 Å². The third-order valence-corrected chi connectivity index (χ3v) is 8.60. The lowest BCUT2D eigenvalue weighted by molar-refractivity contribution is -0.146. The molecule has 3 unspecified atom stereocenters. The third kappa shape index (κ3) is 6.74. The minimum absolute atomic E-state index is 0.0196. The van der Waals surface area contributed by atoms with Gasteiger partial charge in [-0.1, -0.05) is 39.8 Å². The van der Waals surface area contributed by atoms with Crippen molar-refractivity contribution in [3.63, 3.8) is 0 Å². The van der Waals surface area contributed by atoms with E-state index in [-0.39, 0.29) is 48.1 Å². The molecule has 10 nitrogen and oxygen atoms in total. The van der Waals surface area contributed by atoms with Gasteiger partial charge in [-0.3, -0.25) is 14.4 Å². The van der Waals surface area contributed by atoms with Crippen LogP contribution in [0, 0.1) is 11.3 Å². The molecular weight excluding hydrogens is 558 g/mol.